The lowest BCUT2D eigenvalue weighted by atomic mass is 9.89. The summed E-state index contributed by atoms with van der Waals surface area (Å²) in [7, 11) is 2.00. The average Bonchev–Trinajstić information content (AvgIpc) is 2.31. The largest absolute Gasteiger partial charge is 0.330 e. The van der Waals surface area contributed by atoms with E-state index in [0.29, 0.717) is 19.0 Å². The molecule has 0 radical (unpaired) electrons. The van der Waals surface area contributed by atoms with Crippen molar-refractivity contribution in [3.05, 3.63) is 0 Å². The van der Waals surface area contributed by atoms with Gasteiger partial charge in [0.2, 0.25) is 11.8 Å². The summed E-state index contributed by atoms with van der Waals surface area (Å²) in [4.78, 5) is 38.6. The molecule has 0 bridgehead atoms. The van der Waals surface area contributed by atoms with Gasteiger partial charge >= 0.3 is 6.03 Å². The first-order valence-electron chi connectivity index (χ1n) is 6.55. The molecule has 0 aromatic heterocycles. The SMILES string of the molecule is CC(C)N(C)CCCN1C(=O)NC(=O)C(C)(C)C1=O. The standard InChI is InChI=1S/C13H23N3O3/c1-9(2)15(5)7-6-8-16-11(18)13(3,4)10(17)14-12(16)19/h9H,6-8H2,1-5H3,(H,14,17,19). The maximum absolute atomic E-state index is 12.1. The van der Waals surface area contributed by atoms with Crippen LogP contribution in [0.1, 0.15) is 34.1 Å². The average molecular weight is 269 g/mol. The van der Waals surface area contributed by atoms with E-state index >= 15 is 0 Å². The highest BCUT2D eigenvalue weighted by Crippen LogP contribution is 2.23. The van der Waals surface area contributed by atoms with Crippen molar-refractivity contribution in [2.75, 3.05) is 20.1 Å². The third-order valence-corrected chi connectivity index (χ3v) is 3.59. The normalized spacial score (nSPS) is 19.3. The van der Waals surface area contributed by atoms with Gasteiger partial charge in [-0.25, -0.2) is 4.79 Å². The van der Waals surface area contributed by atoms with E-state index < -0.39 is 23.3 Å². The zero-order chi connectivity index (χ0) is 14.8. The number of imide groups is 2. The van der Waals surface area contributed by atoms with Crippen LogP contribution in [0.15, 0.2) is 0 Å². The fraction of sp³-hybridized carbons (Fsp3) is 0.769. The highest BCUT2D eigenvalue weighted by molar-refractivity contribution is 6.18. The Labute approximate surface area is 114 Å². The number of barbiturate groups is 1. The van der Waals surface area contributed by atoms with Crippen LogP contribution in [0.5, 0.6) is 0 Å². The zero-order valence-corrected chi connectivity index (χ0v) is 12.3. The van der Waals surface area contributed by atoms with Crippen molar-refractivity contribution in [2.45, 2.75) is 40.2 Å². The number of amides is 4. The molecule has 0 aromatic rings. The Morgan fingerprint density at radius 2 is 1.84 bits per heavy atom. The smallest absolute Gasteiger partial charge is 0.304 e. The first-order valence-corrected chi connectivity index (χ1v) is 6.55. The van der Waals surface area contributed by atoms with Gasteiger partial charge in [-0.3, -0.25) is 19.8 Å². The summed E-state index contributed by atoms with van der Waals surface area (Å²) in [5.74, 6) is -0.952. The Hall–Kier alpha value is -1.43. The van der Waals surface area contributed by atoms with Crippen molar-refractivity contribution in [1.82, 2.24) is 15.1 Å². The minimum Gasteiger partial charge on any atom is -0.304 e. The molecule has 1 fully saturated rings. The number of hydrogen-bond acceptors (Lipinski definition) is 4. The van der Waals surface area contributed by atoms with Gasteiger partial charge < -0.3 is 4.90 Å². The maximum Gasteiger partial charge on any atom is 0.330 e. The predicted molar refractivity (Wildman–Crippen MR) is 71.4 cm³/mol. The van der Waals surface area contributed by atoms with Gasteiger partial charge in [-0.05, 0) is 47.7 Å². The Balaban J connectivity index is 2.60. The monoisotopic (exact) mass is 269 g/mol. The van der Waals surface area contributed by atoms with Crippen LogP contribution in [0.25, 0.3) is 0 Å². The molecule has 4 amide bonds. The van der Waals surface area contributed by atoms with Gasteiger partial charge in [0.05, 0.1) is 0 Å². The summed E-state index contributed by atoms with van der Waals surface area (Å²) in [5, 5.41) is 2.22. The van der Waals surface area contributed by atoms with Gasteiger partial charge in [-0.15, -0.1) is 0 Å². The van der Waals surface area contributed by atoms with E-state index in [1.165, 1.54) is 13.8 Å². The molecule has 108 valence electrons. The topological polar surface area (TPSA) is 69.7 Å². The molecule has 19 heavy (non-hydrogen) atoms. The fourth-order valence-corrected chi connectivity index (χ4v) is 1.79. The molecule has 1 rings (SSSR count). The van der Waals surface area contributed by atoms with Crippen LogP contribution in [0.3, 0.4) is 0 Å². The predicted octanol–water partition coefficient (Wildman–Crippen LogP) is 0.821. The van der Waals surface area contributed by atoms with Crippen LogP contribution in [0.2, 0.25) is 0 Å². The molecule has 1 aliphatic rings. The summed E-state index contributed by atoms with van der Waals surface area (Å²) >= 11 is 0. The van der Waals surface area contributed by atoms with Gasteiger partial charge in [0, 0.05) is 12.6 Å². The van der Waals surface area contributed by atoms with Crippen molar-refractivity contribution < 1.29 is 14.4 Å². The number of nitrogens with one attached hydrogen (secondary N) is 1. The van der Waals surface area contributed by atoms with Crippen molar-refractivity contribution in [3.63, 3.8) is 0 Å². The Kier molecular flexibility index (Phi) is 4.68. The summed E-state index contributed by atoms with van der Waals surface area (Å²) in [5.41, 5.74) is -1.17. The van der Waals surface area contributed by atoms with E-state index in [1.54, 1.807) is 0 Å². The summed E-state index contributed by atoms with van der Waals surface area (Å²) in [6, 6.07) is -0.189. The van der Waals surface area contributed by atoms with Crippen LogP contribution < -0.4 is 5.32 Å². The van der Waals surface area contributed by atoms with Crippen molar-refractivity contribution >= 4 is 17.8 Å². The zero-order valence-electron chi connectivity index (χ0n) is 12.3. The van der Waals surface area contributed by atoms with Crippen molar-refractivity contribution in [2.24, 2.45) is 5.41 Å². The minimum atomic E-state index is -1.17. The van der Waals surface area contributed by atoms with Gasteiger partial charge in [0.1, 0.15) is 5.41 Å². The van der Waals surface area contributed by atoms with E-state index in [1.807, 2.05) is 7.05 Å². The van der Waals surface area contributed by atoms with Gasteiger partial charge in [-0.1, -0.05) is 0 Å². The number of urea groups is 1. The maximum atomic E-state index is 12.1. The Morgan fingerprint density at radius 3 is 2.37 bits per heavy atom. The molecule has 0 aromatic carbocycles. The quantitative estimate of drug-likeness (QED) is 0.750. The van der Waals surface area contributed by atoms with E-state index in [2.05, 4.69) is 24.1 Å². The number of nitrogens with zero attached hydrogens (tertiary/aromatic N) is 2. The molecule has 0 unspecified atom stereocenters. The molecule has 1 saturated heterocycles. The van der Waals surface area contributed by atoms with E-state index in [-0.39, 0.29) is 0 Å². The molecule has 0 atom stereocenters. The first kappa shape index (κ1) is 15.6. The van der Waals surface area contributed by atoms with E-state index in [0.717, 1.165) is 11.4 Å². The lowest BCUT2D eigenvalue weighted by Crippen LogP contribution is -2.62. The number of hydrogen-bond donors (Lipinski definition) is 1. The molecule has 0 aliphatic carbocycles. The van der Waals surface area contributed by atoms with Crippen molar-refractivity contribution in [3.8, 4) is 0 Å². The highest BCUT2D eigenvalue weighted by atomic mass is 16.2. The molecule has 1 aliphatic heterocycles. The molecular formula is C13H23N3O3. The van der Waals surface area contributed by atoms with Gasteiger partial charge in [0.25, 0.3) is 0 Å². The molecule has 6 nitrogen and oxygen atoms in total. The number of carbonyl (C=O) groups excluding carboxylic acids is 3. The third-order valence-electron chi connectivity index (χ3n) is 3.59. The lowest BCUT2D eigenvalue weighted by Gasteiger charge is -2.34. The molecular weight excluding hydrogens is 246 g/mol. The van der Waals surface area contributed by atoms with Crippen molar-refractivity contribution in [1.29, 1.82) is 0 Å². The van der Waals surface area contributed by atoms with E-state index in [9.17, 15) is 14.4 Å². The van der Waals surface area contributed by atoms with Crippen LogP contribution in [0, 0.1) is 5.41 Å². The molecule has 0 spiro atoms. The van der Waals surface area contributed by atoms with Crippen LogP contribution >= 0.6 is 0 Å². The Morgan fingerprint density at radius 1 is 1.26 bits per heavy atom. The molecule has 0 saturated carbocycles. The second-order valence-electron chi connectivity index (χ2n) is 5.77. The number of rotatable bonds is 5. The number of carbonyl (C=O) groups is 3. The van der Waals surface area contributed by atoms with Gasteiger partial charge in [0.15, 0.2) is 0 Å². The van der Waals surface area contributed by atoms with Crippen LogP contribution in [-0.2, 0) is 9.59 Å². The second kappa shape index (κ2) is 5.69. The Bertz CT molecular complexity index is 391. The first-order chi connectivity index (χ1) is 8.67. The lowest BCUT2D eigenvalue weighted by molar-refractivity contribution is -0.149. The van der Waals surface area contributed by atoms with Crippen LogP contribution in [-0.4, -0.2) is 53.8 Å². The molecule has 1 N–H and O–H groups in total. The van der Waals surface area contributed by atoms with Crippen LogP contribution in [0.4, 0.5) is 4.79 Å². The second-order valence-corrected chi connectivity index (χ2v) is 5.77. The summed E-state index contributed by atoms with van der Waals surface area (Å²) < 4.78 is 0. The minimum absolute atomic E-state index is 0.332. The molecule has 6 heteroatoms. The highest BCUT2D eigenvalue weighted by Gasteiger charge is 2.46. The third kappa shape index (κ3) is 3.32. The molecule has 1 heterocycles. The van der Waals surface area contributed by atoms with Gasteiger partial charge in [-0.2, -0.15) is 0 Å². The van der Waals surface area contributed by atoms with E-state index in [4.69, 9.17) is 0 Å². The summed E-state index contributed by atoms with van der Waals surface area (Å²) in [6.45, 7) is 8.36. The fourth-order valence-electron chi connectivity index (χ4n) is 1.79. The summed E-state index contributed by atoms with van der Waals surface area (Å²) in [6.07, 6.45) is 0.693.